The van der Waals surface area contributed by atoms with Crippen molar-refractivity contribution in [1.29, 1.82) is 0 Å². The van der Waals surface area contributed by atoms with Crippen molar-refractivity contribution in [2.24, 2.45) is 0 Å². The number of likely N-dealkylation sites (tertiary alicyclic amines) is 1. The summed E-state index contributed by atoms with van der Waals surface area (Å²) in [6, 6.07) is 14.0. The molecule has 0 bridgehead atoms. The zero-order valence-corrected chi connectivity index (χ0v) is 17.6. The highest BCUT2D eigenvalue weighted by Crippen LogP contribution is 2.34. The molecule has 2 heterocycles. The molecule has 6 nitrogen and oxygen atoms in total. The van der Waals surface area contributed by atoms with Gasteiger partial charge in [0.05, 0.1) is 11.4 Å². The quantitative estimate of drug-likeness (QED) is 0.670. The summed E-state index contributed by atoms with van der Waals surface area (Å²) in [6.07, 6.45) is 1.16. The van der Waals surface area contributed by atoms with Gasteiger partial charge in [-0.3, -0.25) is 4.79 Å². The van der Waals surface area contributed by atoms with Crippen LogP contribution in [0.15, 0.2) is 48.5 Å². The number of carbonyl (C=O) groups is 2. The monoisotopic (exact) mass is 423 g/mol. The molecule has 0 spiro atoms. The molecule has 1 N–H and O–H groups in total. The van der Waals surface area contributed by atoms with E-state index in [1.54, 1.807) is 18.2 Å². The third-order valence-electron chi connectivity index (χ3n) is 5.44. The van der Waals surface area contributed by atoms with Gasteiger partial charge >= 0.3 is 5.97 Å². The topological polar surface area (TPSA) is 75.4 Å². The summed E-state index contributed by atoms with van der Waals surface area (Å²) >= 11 is 6.48. The van der Waals surface area contributed by atoms with E-state index in [0.29, 0.717) is 30.0 Å². The Morgan fingerprint density at radius 2 is 1.87 bits per heavy atom. The molecule has 30 heavy (non-hydrogen) atoms. The molecule has 1 aliphatic rings. The lowest BCUT2D eigenvalue weighted by atomic mass is 9.99. The number of nitrogens with zero attached hydrogens (tertiary/aromatic N) is 3. The number of carboxylic acid groups (broad SMARTS) is 1. The number of halogens is 1. The number of amides is 1. The average Bonchev–Trinajstić information content (AvgIpc) is 3.34. The summed E-state index contributed by atoms with van der Waals surface area (Å²) in [5.74, 6) is -1.25. The Morgan fingerprint density at radius 3 is 2.53 bits per heavy atom. The van der Waals surface area contributed by atoms with Crippen LogP contribution in [0.1, 0.15) is 34.6 Å². The molecule has 0 aliphatic carbocycles. The number of hydrogen-bond donors (Lipinski definition) is 1. The maximum atomic E-state index is 13.2. The van der Waals surface area contributed by atoms with Crippen LogP contribution in [-0.4, -0.2) is 44.3 Å². The number of aromatic nitrogens is 2. The maximum absolute atomic E-state index is 13.2. The molecule has 1 amide bonds. The van der Waals surface area contributed by atoms with Gasteiger partial charge in [0.15, 0.2) is 0 Å². The normalized spacial score (nSPS) is 16.1. The fourth-order valence-corrected chi connectivity index (χ4v) is 4.29. The van der Waals surface area contributed by atoms with Crippen LogP contribution in [0.5, 0.6) is 0 Å². The minimum absolute atomic E-state index is 0.284. The predicted molar refractivity (Wildman–Crippen MR) is 115 cm³/mol. The minimum atomic E-state index is -0.966. The molecule has 0 radical (unpaired) electrons. The van der Waals surface area contributed by atoms with Gasteiger partial charge in [-0.25, -0.2) is 9.48 Å². The van der Waals surface area contributed by atoms with Crippen LogP contribution in [0.25, 0.3) is 16.8 Å². The van der Waals surface area contributed by atoms with Gasteiger partial charge in [0, 0.05) is 34.0 Å². The van der Waals surface area contributed by atoms with Crippen molar-refractivity contribution in [1.82, 2.24) is 14.7 Å². The van der Waals surface area contributed by atoms with E-state index >= 15 is 0 Å². The van der Waals surface area contributed by atoms with E-state index in [0.717, 1.165) is 28.2 Å². The Labute approximate surface area is 179 Å². The molecular formula is C23H22ClN3O3. The van der Waals surface area contributed by atoms with Gasteiger partial charge in [-0.05, 0) is 57.0 Å². The van der Waals surface area contributed by atoms with Crippen molar-refractivity contribution < 1.29 is 14.7 Å². The molecule has 7 heteroatoms. The number of hydrogen-bond acceptors (Lipinski definition) is 3. The van der Waals surface area contributed by atoms with Crippen LogP contribution < -0.4 is 0 Å². The van der Waals surface area contributed by atoms with Crippen LogP contribution >= 0.6 is 11.6 Å². The van der Waals surface area contributed by atoms with Crippen molar-refractivity contribution in [2.75, 3.05) is 6.54 Å². The minimum Gasteiger partial charge on any atom is -0.480 e. The summed E-state index contributed by atoms with van der Waals surface area (Å²) < 4.78 is 1.83. The van der Waals surface area contributed by atoms with E-state index in [1.807, 2.05) is 48.9 Å². The maximum Gasteiger partial charge on any atom is 0.326 e. The molecule has 1 aliphatic heterocycles. The molecule has 1 saturated heterocycles. The Hall–Kier alpha value is -3.12. The zero-order valence-electron chi connectivity index (χ0n) is 16.8. The Balaban J connectivity index is 1.85. The van der Waals surface area contributed by atoms with E-state index in [1.165, 1.54) is 4.90 Å². The van der Waals surface area contributed by atoms with Crippen LogP contribution in [0, 0.1) is 13.8 Å². The van der Waals surface area contributed by atoms with E-state index in [9.17, 15) is 14.7 Å². The largest absolute Gasteiger partial charge is 0.480 e. The zero-order chi connectivity index (χ0) is 21.4. The summed E-state index contributed by atoms with van der Waals surface area (Å²) in [4.78, 5) is 26.1. The summed E-state index contributed by atoms with van der Waals surface area (Å²) in [6.45, 7) is 4.34. The third kappa shape index (κ3) is 3.59. The lowest BCUT2D eigenvalue weighted by Crippen LogP contribution is -2.40. The first-order chi connectivity index (χ1) is 14.4. The lowest BCUT2D eigenvalue weighted by molar-refractivity contribution is -0.141. The second-order valence-corrected chi connectivity index (χ2v) is 7.95. The van der Waals surface area contributed by atoms with Crippen LogP contribution in [0.4, 0.5) is 0 Å². The van der Waals surface area contributed by atoms with Gasteiger partial charge < -0.3 is 10.0 Å². The number of aliphatic carboxylic acids is 1. The average molecular weight is 424 g/mol. The first kappa shape index (κ1) is 20.2. The van der Waals surface area contributed by atoms with Gasteiger partial charge in [-0.2, -0.15) is 5.10 Å². The molecule has 1 atom stereocenters. The molecule has 1 aromatic heterocycles. The van der Waals surface area contributed by atoms with Crippen LogP contribution in [-0.2, 0) is 4.79 Å². The highest BCUT2D eigenvalue weighted by atomic mass is 35.5. The summed E-state index contributed by atoms with van der Waals surface area (Å²) in [5.41, 5.74) is 4.64. The number of carboxylic acids is 1. The van der Waals surface area contributed by atoms with Crippen LogP contribution in [0.3, 0.4) is 0 Å². The number of carbonyl (C=O) groups excluding carboxylic acids is 1. The van der Waals surface area contributed by atoms with Gasteiger partial charge in [-0.15, -0.1) is 0 Å². The molecule has 2 aromatic carbocycles. The summed E-state index contributed by atoms with van der Waals surface area (Å²) in [5, 5.41) is 14.6. The Morgan fingerprint density at radius 1 is 1.10 bits per heavy atom. The van der Waals surface area contributed by atoms with Crippen molar-refractivity contribution >= 4 is 23.5 Å². The lowest BCUT2D eigenvalue weighted by Gasteiger charge is -2.22. The molecule has 1 fully saturated rings. The van der Waals surface area contributed by atoms with Crippen molar-refractivity contribution in [3.05, 3.63) is 70.5 Å². The molecule has 3 aromatic rings. The second-order valence-electron chi connectivity index (χ2n) is 7.55. The SMILES string of the molecule is Cc1cc(C)n(-c2ccc(C(=O)N3CCCC3C(=O)O)cc2-c2ccccc2Cl)n1. The first-order valence-electron chi connectivity index (χ1n) is 9.83. The number of benzene rings is 2. The summed E-state index contributed by atoms with van der Waals surface area (Å²) in [7, 11) is 0. The molecule has 0 saturated carbocycles. The van der Waals surface area contributed by atoms with Crippen molar-refractivity contribution in [3.63, 3.8) is 0 Å². The highest BCUT2D eigenvalue weighted by molar-refractivity contribution is 6.33. The number of aryl methyl sites for hydroxylation is 2. The standard InChI is InChI=1S/C23H22ClN3O3/c1-14-12-15(2)27(25-14)20-10-9-16(13-18(20)17-6-3-4-7-19(17)24)22(28)26-11-5-8-21(26)23(29)30/h3-4,6-7,9-10,12-13,21H,5,8,11H2,1-2H3,(H,29,30). The van der Waals surface area contributed by atoms with E-state index < -0.39 is 12.0 Å². The van der Waals surface area contributed by atoms with Crippen LogP contribution in [0.2, 0.25) is 5.02 Å². The van der Waals surface area contributed by atoms with Crippen molar-refractivity contribution in [2.45, 2.75) is 32.7 Å². The van der Waals surface area contributed by atoms with E-state index in [-0.39, 0.29) is 5.91 Å². The first-order valence-corrected chi connectivity index (χ1v) is 10.2. The smallest absolute Gasteiger partial charge is 0.326 e. The fourth-order valence-electron chi connectivity index (χ4n) is 4.05. The highest BCUT2D eigenvalue weighted by Gasteiger charge is 2.34. The molecule has 4 rings (SSSR count). The van der Waals surface area contributed by atoms with Gasteiger partial charge in [0.1, 0.15) is 6.04 Å². The molecule has 1 unspecified atom stereocenters. The Bertz CT molecular complexity index is 1140. The Kier molecular flexibility index (Phi) is 5.35. The fraction of sp³-hybridized carbons (Fsp3) is 0.261. The van der Waals surface area contributed by atoms with Gasteiger partial charge in [0.2, 0.25) is 0 Å². The third-order valence-corrected chi connectivity index (χ3v) is 5.77. The van der Waals surface area contributed by atoms with E-state index in [2.05, 4.69) is 5.10 Å². The predicted octanol–water partition coefficient (Wildman–Crippen LogP) is 4.50. The number of rotatable bonds is 4. The molecular weight excluding hydrogens is 402 g/mol. The second kappa shape index (κ2) is 7.95. The van der Waals surface area contributed by atoms with Crippen molar-refractivity contribution in [3.8, 4) is 16.8 Å². The molecule has 154 valence electrons. The van der Waals surface area contributed by atoms with Gasteiger partial charge in [-0.1, -0.05) is 29.8 Å². The van der Waals surface area contributed by atoms with E-state index in [4.69, 9.17) is 11.6 Å². The van der Waals surface area contributed by atoms with Gasteiger partial charge in [0.25, 0.3) is 5.91 Å².